The molecule has 0 spiro atoms. The number of carbonyl (C=O) groups is 3. The third-order valence-electron chi connectivity index (χ3n) is 3.87. The fourth-order valence-electron chi connectivity index (χ4n) is 2.60. The van der Waals surface area contributed by atoms with Gasteiger partial charge in [-0.2, -0.15) is 0 Å². The van der Waals surface area contributed by atoms with Crippen LogP contribution in [0.2, 0.25) is 0 Å². The number of benzene rings is 2. The van der Waals surface area contributed by atoms with Crippen molar-refractivity contribution in [3.63, 3.8) is 0 Å². The molecule has 0 saturated carbocycles. The Bertz CT molecular complexity index is 900. The van der Waals surface area contributed by atoms with Gasteiger partial charge in [-0.1, -0.05) is 18.2 Å². The van der Waals surface area contributed by atoms with Gasteiger partial charge in [-0.15, -0.1) is 0 Å². The molecule has 9 heteroatoms. The maximum atomic E-state index is 12.2. The first-order valence-electron chi connectivity index (χ1n) is 9.40. The van der Waals surface area contributed by atoms with E-state index in [1.54, 1.807) is 36.4 Å². The Morgan fingerprint density at radius 2 is 1.60 bits per heavy atom. The molecule has 2 aromatic rings. The lowest BCUT2D eigenvalue weighted by Gasteiger charge is -2.13. The number of methoxy groups -OCH3 is 1. The summed E-state index contributed by atoms with van der Waals surface area (Å²) in [6, 6.07) is 10.9. The zero-order valence-electron chi connectivity index (χ0n) is 17.1. The first-order valence-corrected chi connectivity index (χ1v) is 9.40. The lowest BCUT2D eigenvalue weighted by atomic mass is 10.1. The Balaban J connectivity index is 1.93. The molecule has 0 aliphatic rings. The van der Waals surface area contributed by atoms with Gasteiger partial charge in [0.15, 0.2) is 11.5 Å². The third kappa shape index (κ3) is 6.40. The first-order chi connectivity index (χ1) is 14.5. The molecule has 0 aliphatic carbocycles. The summed E-state index contributed by atoms with van der Waals surface area (Å²) in [5.41, 5.74) is 5.70. The Labute approximate surface area is 174 Å². The molecule has 0 aliphatic heterocycles. The highest BCUT2D eigenvalue weighted by molar-refractivity contribution is 6.01. The van der Waals surface area contributed by atoms with Crippen LogP contribution in [0, 0.1) is 0 Å². The maximum Gasteiger partial charge on any atom is 0.339 e. The summed E-state index contributed by atoms with van der Waals surface area (Å²) >= 11 is 0. The van der Waals surface area contributed by atoms with Crippen molar-refractivity contribution in [2.45, 2.75) is 20.3 Å². The van der Waals surface area contributed by atoms with E-state index in [1.165, 1.54) is 13.2 Å². The molecule has 0 unspecified atom stereocenters. The van der Waals surface area contributed by atoms with Crippen molar-refractivity contribution in [1.29, 1.82) is 0 Å². The van der Waals surface area contributed by atoms with Crippen LogP contribution in [-0.2, 0) is 16.0 Å². The summed E-state index contributed by atoms with van der Waals surface area (Å²) in [5, 5.41) is 2.49. The van der Waals surface area contributed by atoms with Gasteiger partial charge in [-0.25, -0.2) is 15.0 Å². The molecule has 3 amide bonds. The van der Waals surface area contributed by atoms with Crippen LogP contribution in [0.1, 0.15) is 29.8 Å². The molecule has 160 valence electrons. The van der Waals surface area contributed by atoms with Gasteiger partial charge in [-0.3, -0.25) is 10.2 Å². The van der Waals surface area contributed by atoms with Gasteiger partial charge < -0.3 is 19.5 Å². The predicted octanol–water partition coefficient (Wildman–Crippen LogP) is 2.67. The molecule has 2 rings (SSSR count). The molecular formula is C21H25N3O6. The molecule has 0 saturated heterocycles. The number of hydrogen-bond donors (Lipinski definition) is 3. The van der Waals surface area contributed by atoms with E-state index >= 15 is 0 Å². The van der Waals surface area contributed by atoms with Crippen LogP contribution in [-0.4, -0.2) is 38.2 Å². The fraction of sp³-hybridized carbons (Fsp3) is 0.286. The van der Waals surface area contributed by atoms with Gasteiger partial charge in [0.2, 0.25) is 5.91 Å². The number of hydrazine groups is 1. The van der Waals surface area contributed by atoms with Crippen molar-refractivity contribution in [3.05, 3.63) is 53.6 Å². The predicted molar refractivity (Wildman–Crippen MR) is 111 cm³/mol. The van der Waals surface area contributed by atoms with E-state index in [4.69, 9.17) is 9.47 Å². The van der Waals surface area contributed by atoms with E-state index in [-0.39, 0.29) is 17.7 Å². The van der Waals surface area contributed by atoms with Gasteiger partial charge in [-0.05, 0) is 43.7 Å². The van der Waals surface area contributed by atoms with Crippen molar-refractivity contribution in [2.24, 2.45) is 0 Å². The summed E-state index contributed by atoms with van der Waals surface area (Å²) in [7, 11) is 1.25. The van der Waals surface area contributed by atoms with Crippen LogP contribution in [0.4, 0.5) is 10.5 Å². The van der Waals surface area contributed by atoms with Crippen LogP contribution in [0.15, 0.2) is 42.5 Å². The van der Waals surface area contributed by atoms with E-state index in [9.17, 15) is 14.4 Å². The molecular weight excluding hydrogens is 390 g/mol. The quantitative estimate of drug-likeness (QED) is 0.451. The van der Waals surface area contributed by atoms with Crippen molar-refractivity contribution in [1.82, 2.24) is 10.9 Å². The zero-order chi connectivity index (χ0) is 21.9. The van der Waals surface area contributed by atoms with E-state index in [1.807, 2.05) is 13.8 Å². The van der Waals surface area contributed by atoms with E-state index in [0.717, 1.165) is 0 Å². The van der Waals surface area contributed by atoms with Crippen LogP contribution in [0.5, 0.6) is 11.5 Å². The minimum atomic E-state index is -0.707. The van der Waals surface area contributed by atoms with E-state index in [2.05, 4.69) is 20.9 Å². The summed E-state index contributed by atoms with van der Waals surface area (Å²) in [5.74, 6) is 0.133. The molecule has 0 bridgehead atoms. The average Bonchev–Trinajstić information content (AvgIpc) is 2.74. The normalized spacial score (nSPS) is 9.97. The Hall–Kier alpha value is -3.75. The number of amides is 3. The van der Waals surface area contributed by atoms with E-state index in [0.29, 0.717) is 30.3 Å². The molecule has 0 fully saturated rings. The summed E-state index contributed by atoms with van der Waals surface area (Å²) in [6.45, 7) is 4.69. The monoisotopic (exact) mass is 415 g/mol. The first kappa shape index (κ1) is 22.5. The van der Waals surface area contributed by atoms with Crippen molar-refractivity contribution < 1.29 is 28.6 Å². The molecule has 9 nitrogen and oxygen atoms in total. The molecule has 2 aromatic carbocycles. The number of ether oxygens (including phenoxy) is 3. The maximum absolute atomic E-state index is 12.2. The number of nitrogens with one attached hydrogen (secondary N) is 3. The number of urea groups is 1. The lowest BCUT2D eigenvalue weighted by molar-refractivity contribution is -0.121. The number of para-hydroxylation sites is 1. The van der Waals surface area contributed by atoms with Crippen molar-refractivity contribution >= 4 is 23.6 Å². The van der Waals surface area contributed by atoms with Crippen LogP contribution < -0.4 is 25.6 Å². The van der Waals surface area contributed by atoms with Gasteiger partial charge in [0.1, 0.15) is 0 Å². The minimum Gasteiger partial charge on any atom is -0.490 e. The van der Waals surface area contributed by atoms with E-state index < -0.39 is 17.9 Å². The molecule has 0 radical (unpaired) electrons. The topological polar surface area (TPSA) is 115 Å². The third-order valence-corrected chi connectivity index (χ3v) is 3.87. The lowest BCUT2D eigenvalue weighted by Crippen LogP contribution is -2.44. The second-order valence-electron chi connectivity index (χ2n) is 5.99. The summed E-state index contributed by atoms with van der Waals surface area (Å²) < 4.78 is 15.7. The molecule has 30 heavy (non-hydrogen) atoms. The van der Waals surface area contributed by atoms with Gasteiger partial charge in [0.25, 0.3) is 0 Å². The second kappa shape index (κ2) is 11.3. The van der Waals surface area contributed by atoms with Crippen LogP contribution in [0.25, 0.3) is 0 Å². The fourth-order valence-corrected chi connectivity index (χ4v) is 2.60. The second-order valence-corrected chi connectivity index (χ2v) is 5.99. The number of hydrogen-bond acceptors (Lipinski definition) is 6. The molecule has 0 heterocycles. The number of esters is 1. The summed E-state index contributed by atoms with van der Waals surface area (Å²) in [6.07, 6.45) is 0.0194. The SMILES string of the molecule is CCOc1ccc(CC(=O)NNC(=O)Nc2ccccc2C(=O)OC)cc1OCC. The van der Waals surface area contributed by atoms with Crippen molar-refractivity contribution in [3.8, 4) is 11.5 Å². The van der Waals surface area contributed by atoms with Crippen LogP contribution >= 0.6 is 0 Å². The molecule has 0 atom stereocenters. The number of rotatable bonds is 8. The average molecular weight is 415 g/mol. The standard InChI is InChI=1S/C21H25N3O6/c1-4-29-17-11-10-14(12-18(17)30-5-2)13-19(25)23-24-21(27)22-16-9-7-6-8-15(16)20(26)28-3/h6-12H,4-5,13H2,1-3H3,(H,23,25)(H2,22,24,27). The smallest absolute Gasteiger partial charge is 0.339 e. The van der Waals surface area contributed by atoms with Crippen LogP contribution in [0.3, 0.4) is 0 Å². The highest BCUT2D eigenvalue weighted by Crippen LogP contribution is 2.28. The van der Waals surface area contributed by atoms with Gasteiger partial charge >= 0.3 is 12.0 Å². The molecule has 3 N–H and O–H groups in total. The van der Waals surface area contributed by atoms with Gasteiger partial charge in [0, 0.05) is 0 Å². The summed E-state index contributed by atoms with van der Waals surface area (Å²) in [4.78, 5) is 36.0. The number of carbonyl (C=O) groups excluding carboxylic acids is 3. The minimum absolute atomic E-state index is 0.0194. The largest absolute Gasteiger partial charge is 0.490 e. The highest BCUT2D eigenvalue weighted by atomic mass is 16.5. The molecule has 0 aromatic heterocycles. The van der Waals surface area contributed by atoms with Crippen molar-refractivity contribution in [2.75, 3.05) is 25.6 Å². The number of anilines is 1. The Morgan fingerprint density at radius 3 is 2.30 bits per heavy atom. The Kier molecular flexibility index (Phi) is 8.49. The zero-order valence-corrected chi connectivity index (χ0v) is 17.1. The van der Waals surface area contributed by atoms with Gasteiger partial charge in [0.05, 0.1) is 38.0 Å². The Morgan fingerprint density at radius 1 is 0.900 bits per heavy atom. The highest BCUT2D eigenvalue weighted by Gasteiger charge is 2.14.